The van der Waals surface area contributed by atoms with Crippen molar-refractivity contribution in [3.05, 3.63) is 24.0 Å². The number of aromatic nitrogens is 1. The van der Waals surface area contributed by atoms with E-state index in [0.29, 0.717) is 12.0 Å². The van der Waals surface area contributed by atoms with Crippen molar-refractivity contribution in [1.29, 1.82) is 0 Å². The van der Waals surface area contributed by atoms with E-state index in [0.717, 1.165) is 37.3 Å². The monoisotopic (exact) mass is 367 g/mol. The fourth-order valence-corrected chi connectivity index (χ4v) is 2.70. The lowest BCUT2D eigenvalue weighted by Gasteiger charge is -2.34. The second-order valence-electron chi connectivity index (χ2n) is 7.08. The minimum absolute atomic E-state index is 0.146. The van der Waals surface area contributed by atoms with Gasteiger partial charge in [-0.15, -0.1) is 0 Å². The fourth-order valence-electron chi connectivity index (χ4n) is 2.70. The van der Waals surface area contributed by atoms with Gasteiger partial charge in [-0.2, -0.15) is 0 Å². The van der Waals surface area contributed by atoms with E-state index >= 15 is 0 Å². The first kappa shape index (κ1) is 24.9. The van der Waals surface area contributed by atoms with Gasteiger partial charge in [0.25, 0.3) is 0 Å². The molecule has 4 heteroatoms. The smallest absolute Gasteiger partial charge is 0.138 e. The van der Waals surface area contributed by atoms with Gasteiger partial charge in [0.2, 0.25) is 0 Å². The molecule has 0 saturated heterocycles. The summed E-state index contributed by atoms with van der Waals surface area (Å²) < 4.78 is 16.5. The number of rotatable bonds is 8. The van der Waals surface area contributed by atoms with Crippen molar-refractivity contribution in [2.24, 2.45) is 11.3 Å². The summed E-state index contributed by atoms with van der Waals surface area (Å²) in [7, 11) is 3.51. The summed E-state index contributed by atoms with van der Waals surface area (Å²) in [5.74, 6) is 1.35. The maximum absolute atomic E-state index is 5.89. The van der Waals surface area contributed by atoms with Crippen LogP contribution in [0, 0.1) is 11.3 Å². The maximum Gasteiger partial charge on any atom is 0.138 e. The van der Waals surface area contributed by atoms with E-state index in [1.165, 1.54) is 0 Å². The Kier molecular flexibility index (Phi) is 12.5. The summed E-state index contributed by atoms with van der Waals surface area (Å²) in [6, 6.07) is 4.10. The van der Waals surface area contributed by atoms with E-state index in [9.17, 15) is 0 Å². The molecule has 1 unspecified atom stereocenters. The predicted molar refractivity (Wildman–Crippen MR) is 110 cm³/mol. The second kappa shape index (κ2) is 13.1. The minimum atomic E-state index is 0.146. The first-order valence-electron chi connectivity index (χ1n) is 10.1. The zero-order chi connectivity index (χ0) is 20.2. The lowest BCUT2D eigenvalue weighted by atomic mass is 9.78. The molecule has 2 rings (SSSR count). The summed E-state index contributed by atoms with van der Waals surface area (Å²) in [5, 5.41) is 0. The van der Waals surface area contributed by atoms with Gasteiger partial charge in [0.1, 0.15) is 11.9 Å². The van der Waals surface area contributed by atoms with Gasteiger partial charge < -0.3 is 14.2 Å². The Balaban J connectivity index is 0.00000146. The zero-order valence-corrected chi connectivity index (χ0v) is 18.5. The fraction of sp³-hybridized carbons (Fsp3) is 0.773. The number of hydrogen-bond acceptors (Lipinski definition) is 4. The van der Waals surface area contributed by atoms with Crippen LogP contribution in [0.25, 0.3) is 0 Å². The van der Waals surface area contributed by atoms with Gasteiger partial charge in [0.15, 0.2) is 0 Å². The maximum atomic E-state index is 5.89. The highest BCUT2D eigenvalue weighted by molar-refractivity contribution is 5.21. The average Bonchev–Trinajstić information content (AvgIpc) is 2.62. The normalized spacial score (nSPS) is 19.9. The number of ether oxygens (including phenoxy) is 3. The molecule has 0 aliphatic heterocycles. The zero-order valence-electron chi connectivity index (χ0n) is 18.5. The van der Waals surface area contributed by atoms with Crippen molar-refractivity contribution < 1.29 is 14.2 Å². The summed E-state index contributed by atoms with van der Waals surface area (Å²) in [4.78, 5) is 4.55. The number of pyridine rings is 1. The number of methoxy groups -OCH3 is 2. The van der Waals surface area contributed by atoms with Gasteiger partial charge in [-0.05, 0) is 29.9 Å². The van der Waals surface area contributed by atoms with Crippen LogP contribution in [0.15, 0.2) is 18.3 Å². The molecular weight excluding hydrogens is 326 g/mol. The van der Waals surface area contributed by atoms with E-state index in [2.05, 4.69) is 31.8 Å². The molecule has 0 aromatic carbocycles. The average molecular weight is 368 g/mol. The standard InChI is InChI=1S/C18H29NO3.2C2H6/c1-13(18(2,3)12-20-4)8-14-6-7-15(11-19-14)22-17-9-16(10-17)21-5;2*1-2/h6-7,11,13,16-17H,8-10,12H2,1-5H3;2*1-2H3. The Labute approximate surface area is 161 Å². The Morgan fingerprint density at radius 3 is 2.15 bits per heavy atom. The van der Waals surface area contributed by atoms with Crippen molar-refractivity contribution in [1.82, 2.24) is 4.98 Å². The van der Waals surface area contributed by atoms with Crippen LogP contribution in [0.1, 0.15) is 67.0 Å². The molecule has 152 valence electrons. The highest BCUT2D eigenvalue weighted by Crippen LogP contribution is 2.30. The highest BCUT2D eigenvalue weighted by atomic mass is 16.5. The van der Waals surface area contributed by atoms with Crippen molar-refractivity contribution in [2.75, 3.05) is 20.8 Å². The quantitative estimate of drug-likeness (QED) is 0.605. The summed E-state index contributed by atoms with van der Waals surface area (Å²) in [5.41, 5.74) is 1.25. The summed E-state index contributed by atoms with van der Waals surface area (Å²) >= 11 is 0. The van der Waals surface area contributed by atoms with Crippen LogP contribution < -0.4 is 4.74 Å². The van der Waals surface area contributed by atoms with E-state index < -0.39 is 0 Å². The van der Waals surface area contributed by atoms with Gasteiger partial charge in [-0.25, -0.2) is 0 Å². The molecule has 0 spiro atoms. The van der Waals surface area contributed by atoms with Gasteiger partial charge in [-0.3, -0.25) is 4.98 Å². The van der Waals surface area contributed by atoms with Crippen LogP contribution in [0.3, 0.4) is 0 Å². The van der Waals surface area contributed by atoms with E-state index in [1.54, 1.807) is 14.2 Å². The van der Waals surface area contributed by atoms with Crippen LogP contribution in [0.4, 0.5) is 0 Å². The Morgan fingerprint density at radius 2 is 1.69 bits per heavy atom. The largest absolute Gasteiger partial charge is 0.489 e. The third kappa shape index (κ3) is 8.05. The lowest BCUT2D eigenvalue weighted by Crippen LogP contribution is -2.38. The molecule has 0 bridgehead atoms. The molecule has 1 aromatic heterocycles. The molecule has 4 nitrogen and oxygen atoms in total. The summed E-state index contributed by atoms with van der Waals surface area (Å²) in [6.07, 6.45) is 5.37. The number of hydrogen-bond donors (Lipinski definition) is 0. The Bertz CT molecular complexity index is 453. The Morgan fingerprint density at radius 1 is 1.08 bits per heavy atom. The van der Waals surface area contributed by atoms with Crippen LogP contribution in [0.2, 0.25) is 0 Å². The molecule has 1 fully saturated rings. The molecule has 1 heterocycles. The van der Waals surface area contributed by atoms with Gasteiger partial charge >= 0.3 is 0 Å². The minimum Gasteiger partial charge on any atom is -0.489 e. The van der Waals surface area contributed by atoms with Crippen LogP contribution >= 0.6 is 0 Å². The molecule has 1 aromatic rings. The molecule has 1 aliphatic carbocycles. The van der Waals surface area contributed by atoms with Gasteiger partial charge in [0.05, 0.1) is 18.9 Å². The molecule has 0 amide bonds. The predicted octanol–water partition coefficient (Wildman–Crippen LogP) is 5.54. The Hall–Kier alpha value is -1.13. The van der Waals surface area contributed by atoms with Crippen molar-refractivity contribution >= 4 is 0 Å². The van der Waals surface area contributed by atoms with Crippen molar-refractivity contribution in [3.8, 4) is 5.75 Å². The molecule has 0 radical (unpaired) electrons. The molecule has 1 aliphatic rings. The van der Waals surface area contributed by atoms with E-state index in [4.69, 9.17) is 14.2 Å². The van der Waals surface area contributed by atoms with E-state index in [1.807, 2.05) is 40.0 Å². The molecule has 0 N–H and O–H groups in total. The lowest BCUT2D eigenvalue weighted by molar-refractivity contribution is -0.0382. The molecule has 1 atom stereocenters. The summed E-state index contributed by atoms with van der Waals surface area (Å²) in [6.45, 7) is 15.5. The third-order valence-corrected chi connectivity index (χ3v) is 4.85. The van der Waals surface area contributed by atoms with Crippen molar-refractivity contribution in [3.63, 3.8) is 0 Å². The molecule has 26 heavy (non-hydrogen) atoms. The van der Waals surface area contributed by atoms with Crippen molar-refractivity contribution in [2.45, 2.75) is 79.9 Å². The first-order chi connectivity index (χ1) is 12.4. The second-order valence-corrected chi connectivity index (χ2v) is 7.08. The highest BCUT2D eigenvalue weighted by Gasteiger charge is 2.31. The van der Waals surface area contributed by atoms with Crippen LogP contribution in [-0.2, 0) is 15.9 Å². The van der Waals surface area contributed by atoms with Gasteiger partial charge in [0, 0.05) is 32.8 Å². The number of nitrogens with zero attached hydrogens (tertiary/aromatic N) is 1. The van der Waals surface area contributed by atoms with Crippen LogP contribution in [-0.4, -0.2) is 38.0 Å². The van der Waals surface area contributed by atoms with E-state index in [-0.39, 0.29) is 11.5 Å². The molecular formula is C22H41NO3. The topological polar surface area (TPSA) is 40.6 Å². The molecule has 1 saturated carbocycles. The van der Waals surface area contributed by atoms with Crippen LogP contribution in [0.5, 0.6) is 5.75 Å². The first-order valence-corrected chi connectivity index (χ1v) is 10.1. The third-order valence-electron chi connectivity index (χ3n) is 4.85. The SMILES string of the molecule is CC.CC.COCC(C)(C)C(C)Cc1ccc(OC2CC(OC)C2)cn1. The van der Waals surface area contributed by atoms with Gasteiger partial charge in [-0.1, -0.05) is 48.5 Å².